The molecule has 3 heteroatoms. The monoisotopic (exact) mass is 269 g/mol. The molecule has 19 heavy (non-hydrogen) atoms. The molecular formula is C16H15NOS. The van der Waals surface area contributed by atoms with Crippen molar-refractivity contribution in [3.63, 3.8) is 0 Å². The molecule has 2 heterocycles. The third-order valence-corrected chi connectivity index (χ3v) is 3.91. The lowest BCUT2D eigenvalue weighted by molar-refractivity contribution is 0.560. The number of nitrogens with one attached hydrogen (secondary N) is 1. The lowest BCUT2D eigenvalue weighted by atomic mass is 10.1. The molecule has 0 fully saturated rings. The first kappa shape index (κ1) is 12.2. The van der Waals surface area contributed by atoms with Gasteiger partial charge >= 0.3 is 0 Å². The summed E-state index contributed by atoms with van der Waals surface area (Å²) in [7, 11) is 0. The Morgan fingerprint density at radius 2 is 1.89 bits per heavy atom. The average molecular weight is 269 g/mol. The second-order valence-electron chi connectivity index (χ2n) is 4.40. The van der Waals surface area contributed by atoms with Crippen LogP contribution in [0.5, 0.6) is 0 Å². The minimum Gasteiger partial charge on any atom is -0.472 e. The van der Waals surface area contributed by atoms with Crippen LogP contribution in [0.4, 0.5) is 0 Å². The molecule has 3 aromatic rings. The summed E-state index contributed by atoms with van der Waals surface area (Å²) in [6, 6.07) is 14.7. The standard InChI is InChI=1S/C16H15NOS/c1-2-4-14(5-3-1)15-8-16(19-12-15)10-17-9-13-6-7-18-11-13/h1-8,11-12,17H,9-10H2. The van der Waals surface area contributed by atoms with Gasteiger partial charge in [-0.05, 0) is 28.6 Å². The maximum absolute atomic E-state index is 5.04. The molecule has 0 bridgehead atoms. The summed E-state index contributed by atoms with van der Waals surface area (Å²) in [6.07, 6.45) is 3.48. The molecule has 0 unspecified atom stereocenters. The minimum atomic E-state index is 0.842. The van der Waals surface area contributed by atoms with E-state index in [1.54, 1.807) is 23.9 Å². The van der Waals surface area contributed by atoms with E-state index in [1.165, 1.54) is 21.6 Å². The van der Waals surface area contributed by atoms with Crippen molar-refractivity contribution >= 4 is 11.3 Å². The molecule has 3 rings (SSSR count). The second-order valence-corrected chi connectivity index (χ2v) is 5.40. The molecular weight excluding hydrogens is 254 g/mol. The van der Waals surface area contributed by atoms with Crippen molar-refractivity contribution < 1.29 is 4.42 Å². The van der Waals surface area contributed by atoms with Gasteiger partial charge in [0.1, 0.15) is 0 Å². The smallest absolute Gasteiger partial charge is 0.0947 e. The first-order valence-electron chi connectivity index (χ1n) is 6.26. The van der Waals surface area contributed by atoms with Crippen LogP contribution < -0.4 is 5.32 Å². The van der Waals surface area contributed by atoms with Crippen LogP contribution in [0.15, 0.2) is 64.8 Å². The van der Waals surface area contributed by atoms with Gasteiger partial charge in [0.05, 0.1) is 12.5 Å². The van der Waals surface area contributed by atoms with E-state index in [9.17, 15) is 0 Å². The molecule has 0 radical (unpaired) electrons. The summed E-state index contributed by atoms with van der Waals surface area (Å²) in [5.41, 5.74) is 3.75. The highest BCUT2D eigenvalue weighted by molar-refractivity contribution is 7.10. The van der Waals surface area contributed by atoms with E-state index in [1.807, 2.05) is 12.1 Å². The first-order valence-corrected chi connectivity index (χ1v) is 7.14. The average Bonchev–Trinajstić information content (AvgIpc) is 3.11. The summed E-state index contributed by atoms with van der Waals surface area (Å²) >= 11 is 1.80. The number of thiophene rings is 1. The third-order valence-electron chi connectivity index (χ3n) is 2.97. The Hall–Kier alpha value is -1.84. The molecule has 2 aromatic heterocycles. The van der Waals surface area contributed by atoms with Gasteiger partial charge < -0.3 is 9.73 Å². The number of furan rings is 1. The van der Waals surface area contributed by atoms with Gasteiger partial charge in [0.25, 0.3) is 0 Å². The zero-order valence-electron chi connectivity index (χ0n) is 10.5. The van der Waals surface area contributed by atoms with Gasteiger partial charge in [-0.25, -0.2) is 0 Å². The van der Waals surface area contributed by atoms with Crippen molar-refractivity contribution in [3.8, 4) is 11.1 Å². The summed E-state index contributed by atoms with van der Waals surface area (Å²) in [4.78, 5) is 1.35. The van der Waals surface area contributed by atoms with Crippen molar-refractivity contribution in [2.75, 3.05) is 0 Å². The van der Waals surface area contributed by atoms with Gasteiger partial charge in [0.15, 0.2) is 0 Å². The van der Waals surface area contributed by atoms with Gasteiger partial charge in [-0.1, -0.05) is 30.3 Å². The largest absolute Gasteiger partial charge is 0.472 e. The number of hydrogen-bond donors (Lipinski definition) is 1. The summed E-state index contributed by atoms with van der Waals surface area (Å²) in [5, 5.41) is 5.63. The van der Waals surface area contributed by atoms with Crippen LogP contribution in [0.3, 0.4) is 0 Å². The number of rotatable bonds is 5. The molecule has 0 aliphatic heterocycles. The van der Waals surface area contributed by atoms with E-state index in [2.05, 4.69) is 41.0 Å². The SMILES string of the molecule is c1ccc(-c2csc(CNCc3ccoc3)c2)cc1. The van der Waals surface area contributed by atoms with Crippen molar-refractivity contribution in [1.29, 1.82) is 0 Å². The Bertz CT molecular complexity index is 613. The lowest BCUT2D eigenvalue weighted by Gasteiger charge is -2.00. The van der Waals surface area contributed by atoms with Gasteiger partial charge in [-0.15, -0.1) is 11.3 Å². The van der Waals surface area contributed by atoms with Crippen LogP contribution in [0.25, 0.3) is 11.1 Å². The Morgan fingerprint density at radius 3 is 2.68 bits per heavy atom. The maximum Gasteiger partial charge on any atom is 0.0947 e. The van der Waals surface area contributed by atoms with Gasteiger partial charge in [0.2, 0.25) is 0 Å². The van der Waals surface area contributed by atoms with Crippen molar-refractivity contribution in [2.45, 2.75) is 13.1 Å². The maximum atomic E-state index is 5.04. The second kappa shape index (κ2) is 5.87. The fourth-order valence-electron chi connectivity index (χ4n) is 1.98. The highest BCUT2D eigenvalue weighted by atomic mass is 32.1. The normalized spacial score (nSPS) is 10.7. The fourth-order valence-corrected chi connectivity index (χ4v) is 2.84. The van der Waals surface area contributed by atoms with E-state index >= 15 is 0 Å². The summed E-state index contributed by atoms with van der Waals surface area (Å²) in [6.45, 7) is 1.73. The molecule has 96 valence electrons. The molecule has 0 saturated heterocycles. The van der Waals surface area contributed by atoms with Crippen molar-refractivity contribution in [2.24, 2.45) is 0 Å². The van der Waals surface area contributed by atoms with E-state index < -0.39 is 0 Å². The molecule has 0 saturated carbocycles. The van der Waals surface area contributed by atoms with Crippen molar-refractivity contribution in [3.05, 3.63) is 70.8 Å². The Kier molecular flexibility index (Phi) is 3.77. The Morgan fingerprint density at radius 1 is 1.00 bits per heavy atom. The predicted molar refractivity (Wildman–Crippen MR) is 79.0 cm³/mol. The third kappa shape index (κ3) is 3.13. The highest BCUT2D eigenvalue weighted by Gasteiger charge is 2.02. The van der Waals surface area contributed by atoms with E-state index in [-0.39, 0.29) is 0 Å². The van der Waals surface area contributed by atoms with Crippen LogP contribution in [0.1, 0.15) is 10.4 Å². The van der Waals surface area contributed by atoms with Gasteiger partial charge in [0, 0.05) is 23.5 Å². The van der Waals surface area contributed by atoms with Crippen LogP contribution in [0.2, 0.25) is 0 Å². The quantitative estimate of drug-likeness (QED) is 0.747. The van der Waals surface area contributed by atoms with Crippen LogP contribution in [-0.2, 0) is 13.1 Å². The fraction of sp³-hybridized carbons (Fsp3) is 0.125. The highest BCUT2D eigenvalue weighted by Crippen LogP contribution is 2.25. The van der Waals surface area contributed by atoms with Crippen LogP contribution in [-0.4, -0.2) is 0 Å². The zero-order chi connectivity index (χ0) is 12.9. The Labute approximate surface area is 116 Å². The van der Waals surface area contributed by atoms with E-state index in [0.717, 1.165) is 13.1 Å². The minimum absolute atomic E-state index is 0.842. The lowest BCUT2D eigenvalue weighted by Crippen LogP contribution is -2.10. The summed E-state index contributed by atoms with van der Waals surface area (Å²) in [5.74, 6) is 0. The van der Waals surface area contributed by atoms with Crippen LogP contribution in [0, 0.1) is 0 Å². The molecule has 0 spiro atoms. The van der Waals surface area contributed by atoms with Gasteiger partial charge in [-0.3, -0.25) is 0 Å². The molecule has 0 aliphatic rings. The molecule has 1 aromatic carbocycles. The molecule has 0 aliphatic carbocycles. The van der Waals surface area contributed by atoms with E-state index in [0.29, 0.717) is 0 Å². The molecule has 0 atom stereocenters. The van der Waals surface area contributed by atoms with Crippen molar-refractivity contribution in [1.82, 2.24) is 5.32 Å². The van der Waals surface area contributed by atoms with E-state index in [4.69, 9.17) is 4.42 Å². The topological polar surface area (TPSA) is 25.2 Å². The van der Waals surface area contributed by atoms with Crippen LogP contribution >= 0.6 is 11.3 Å². The zero-order valence-corrected chi connectivity index (χ0v) is 11.3. The predicted octanol–water partition coefficient (Wildman–Crippen LogP) is 4.30. The Balaban J connectivity index is 1.59. The molecule has 2 nitrogen and oxygen atoms in total. The molecule has 0 amide bonds. The number of benzene rings is 1. The first-order chi connectivity index (χ1) is 9.42. The van der Waals surface area contributed by atoms with Gasteiger partial charge in [-0.2, -0.15) is 0 Å². The molecule has 1 N–H and O–H groups in total. The summed E-state index contributed by atoms with van der Waals surface area (Å²) < 4.78 is 5.04. The number of hydrogen-bond acceptors (Lipinski definition) is 3.